The number of rotatable bonds is 6. The van der Waals surface area contributed by atoms with E-state index in [1.165, 1.54) is 23.9 Å². The molecule has 2 aromatic carbocycles. The van der Waals surface area contributed by atoms with Crippen molar-refractivity contribution in [3.05, 3.63) is 71.5 Å². The molecule has 1 aromatic heterocycles. The van der Waals surface area contributed by atoms with Crippen LogP contribution in [0.25, 0.3) is 5.69 Å². The van der Waals surface area contributed by atoms with E-state index in [9.17, 15) is 13.2 Å². The van der Waals surface area contributed by atoms with Gasteiger partial charge < -0.3 is 0 Å². The van der Waals surface area contributed by atoms with Crippen LogP contribution < -0.4 is 0 Å². The van der Waals surface area contributed by atoms with Crippen molar-refractivity contribution in [3.8, 4) is 5.69 Å². The first-order chi connectivity index (χ1) is 12.8. The maximum atomic E-state index is 12.5. The average Bonchev–Trinajstić information content (AvgIpc) is 3.09. The second-order valence-corrected chi connectivity index (χ2v) is 9.34. The molecule has 0 aliphatic rings. The second-order valence-electron chi connectivity index (χ2n) is 6.38. The molecule has 1 heterocycles. The van der Waals surface area contributed by atoms with Crippen molar-refractivity contribution >= 4 is 27.4 Å². The molecule has 0 saturated heterocycles. The van der Waals surface area contributed by atoms with E-state index in [0.717, 1.165) is 28.2 Å². The van der Waals surface area contributed by atoms with E-state index in [0.29, 0.717) is 5.56 Å². The average molecular weight is 401 g/mol. The van der Waals surface area contributed by atoms with E-state index >= 15 is 0 Å². The van der Waals surface area contributed by atoms with E-state index < -0.39 is 9.84 Å². The highest BCUT2D eigenvalue weighted by molar-refractivity contribution is 7.99. The van der Waals surface area contributed by atoms with Crippen LogP contribution >= 0.6 is 11.8 Å². The number of Topliss-reactive ketones (excluding diaryl/α,β-unsaturated/α-hetero) is 1. The van der Waals surface area contributed by atoms with Gasteiger partial charge in [0.25, 0.3) is 0 Å². The Morgan fingerprint density at radius 2 is 1.81 bits per heavy atom. The Balaban J connectivity index is 1.75. The Kier molecular flexibility index (Phi) is 5.53. The van der Waals surface area contributed by atoms with Crippen molar-refractivity contribution in [2.45, 2.75) is 23.9 Å². The zero-order chi connectivity index (χ0) is 19.6. The summed E-state index contributed by atoms with van der Waals surface area (Å²) in [5.41, 5.74) is 3.81. The highest BCUT2D eigenvalue weighted by atomic mass is 32.2. The number of nitrogens with zero attached hydrogens (tertiary/aromatic N) is 2. The van der Waals surface area contributed by atoms with E-state index in [4.69, 9.17) is 0 Å². The van der Waals surface area contributed by atoms with Crippen LogP contribution in [-0.2, 0) is 9.84 Å². The molecule has 0 atom stereocenters. The number of imidazole rings is 1. The van der Waals surface area contributed by atoms with Crippen LogP contribution in [0.3, 0.4) is 0 Å². The van der Waals surface area contributed by atoms with Crippen LogP contribution in [0.1, 0.15) is 21.5 Å². The zero-order valence-corrected chi connectivity index (χ0v) is 17.0. The van der Waals surface area contributed by atoms with Crippen molar-refractivity contribution in [1.82, 2.24) is 9.55 Å². The number of hydrogen-bond acceptors (Lipinski definition) is 5. The van der Waals surface area contributed by atoms with Gasteiger partial charge in [0.1, 0.15) is 0 Å². The van der Waals surface area contributed by atoms with Crippen LogP contribution in [-0.4, -0.2) is 35.8 Å². The van der Waals surface area contributed by atoms with Gasteiger partial charge in [0.05, 0.1) is 16.3 Å². The Bertz CT molecular complexity index is 1080. The van der Waals surface area contributed by atoms with Crippen molar-refractivity contribution in [1.29, 1.82) is 0 Å². The first kappa shape index (κ1) is 19.4. The number of aryl methyl sites for hydroxylation is 2. The summed E-state index contributed by atoms with van der Waals surface area (Å²) in [6.45, 7) is 4.08. The van der Waals surface area contributed by atoms with Gasteiger partial charge in [-0.1, -0.05) is 36.0 Å². The molecule has 7 heteroatoms. The molecular formula is C20H20N2O3S2. The van der Waals surface area contributed by atoms with Crippen molar-refractivity contribution < 1.29 is 13.2 Å². The first-order valence-corrected chi connectivity index (χ1v) is 11.2. The fraction of sp³-hybridized carbons (Fsp3) is 0.200. The predicted molar refractivity (Wildman–Crippen MR) is 108 cm³/mol. The van der Waals surface area contributed by atoms with Crippen molar-refractivity contribution in [3.63, 3.8) is 0 Å². The molecule has 0 bridgehead atoms. The number of ketones is 1. The standard InChI is InChI=1S/C20H20N2O3S2/c1-14-4-5-15(2)18(12-14)22-11-10-21-20(22)26-13-19(23)16-6-8-17(9-7-16)27(3,24)25/h4-12H,13H2,1-3H3. The molecule has 3 aromatic rings. The molecule has 0 radical (unpaired) electrons. The summed E-state index contributed by atoms with van der Waals surface area (Å²) in [4.78, 5) is 17.0. The summed E-state index contributed by atoms with van der Waals surface area (Å²) in [7, 11) is -3.27. The van der Waals surface area contributed by atoms with E-state index in [1.807, 2.05) is 24.6 Å². The smallest absolute Gasteiger partial charge is 0.175 e. The van der Waals surface area contributed by atoms with Crippen LogP contribution in [0.5, 0.6) is 0 Å². The van der Waals surface area contributed by atoms with E-state index in [2.05, 4.69) is 23.2 Å². The molecule has 0 N–H and O–H groups in total. The molecule has 0 unspecified atom stereocenters. The SMILES string of the molecule is Cc1ccc(C)c(-n2ccnc2SCC(=O)c2ccc(S(C)(=O)=O)cc2)c1. The molecule has 0 aliphatic heterocycles. The van der Waals surface area contributed by atoms with Gasteiger partial charge >= 0.3 is 0 Å². The molecule has 0 saturated carbocycles. The summed E-state index contributed by atoms with van der Waals surface area (Å²) in [5.74, 6) is 0.149. The van der Waals surface area contributed by atoms with E-state index in [-0.39, 0.29) is 16.4 Å². The number of benzene rings is 2. The van der Waals surface area contributed by atoms with Gasteiger partial charge in [0.15, 0.2) is 20.8 Å². The third-order valence-corrected chi connectivity index (χ3v) is 6.26. The number of sulfone groups is 1. The molecule has 0 spiro atoms. The first-order valence-electron chi connectivity index (χ1n) is 8.33. The Morgan fingerprint density at radius 1 is 1.11 bits per heavy atom. The topological polar surface area (TPSA) is 69.0 Å². The van der Waals surface area contributed by atoms with Crippen LogP contribution in [0.15, 0.2) is 64.9 Å². The predicted octanol–water partition coefficient (Wildman–Crippen LogP) is 3.87. The fourth-order valence-electron chi connectivity index (χ4n) is 2.66. The lowest BCUT2D eigenvalue weighted by atomic mass is 10.1. The van der Waals surface area contributed by atoms with Gasteiger partial charge in [-0.25, -0.2) is 13.4 Å². The number of aromatic nitrogens is 2. The van der Waals surface area contributed by atoms with Gasteiger partial charge in [0, 0.05) is 24.2 Å². The summed E-state index contributed by atoms with van der Waals surface area (Å²) in [5, 5.41) is 0.741. The number of hydrogen-bond donors (Lipinski definition) is 0. The van der Waals surface area contributed by atoms with Crippen LogP contribution in [0.4, 0.5) is 0 Å². The van der Waals surface area contributed by atoms with Crippen molar-refractivity contribution in [2.75, 3.05) is 12.0 Å². The third kappa shape index (κ3) is 4.48. The molecule has 0 amide bonds. The largest absolute Gasteiger partial charge is 0.295 e. The normalized spacial score (nSPS) is 11.5. The summed E-state index contributed by atoms with van der Waals surface area (Å²) >= 11 is 1.36. The van der Waals surface area contributed by atoms with Gasteiger partial charge in [-0.15, -0.1) is 0 Å². The molecule has 27 heavy (non-hydrogen) atoms. The molecule has 140 valence electrons. The van der Waals surface area contributed by atoms with Gasteiger partial charge in [-0.2, -0.15) is 0 Å². The molecule has 0 fully saturated rings. The van der Waals surface area contributed by atoms with Gasteiger partial charge in [-0.05, 0) is 43.2 Å². The second kappa shape index (κ2) is 7.70. The highest BCUT2D eigenvalue weighted by Gasteiger charge is 2.13. The minimum Gasteiger partial charge on any atom is -0.295 e. The highest BCUT2D eigenvalue weighted by Crippen LogP contribution is 2.24. The van der Waals surface area contributed by atoms with E-state index in [1.54, 1.807) is 18.3 Å². The maximum Gasteiger partial charge on any atom is 0.175 e. The zero-order valence-electron chi connectivity index (χ0n) is 15.3. The van der Waals surface area contributed by atoms with Gasteiger partial charge in [0.2, 0.25) is 0 Å². The summed E-state index contributed by atoms with van der Waals surface area (Å²) in [6.07, 6.45) is 4.75. The Hall–Kier alpha value is -2.38. The van der Waals surface area contributed by atoms with Crippen LogP contribution in [0, 0.1) is 13.8 Å². The number of carbonyl (C=O) groups is 1. The molecule has 0 aliphatic carbocycles. The molecular weight excluding hydrogens is 380 g/mol. The van der Waals surface area contributed by atoms with Crippen molar-refractivity contribution in [2.24, 2.45) is 0 Å². The quantitative estimate of drug-likeness (QED) is 0.464. The Morgan fingerprint density at radius 3 is 2.48 bits per heavy atom. The lowest BCUT2D eigenvalue weighted by molar-refractivity contribution is 0.102. The molecule has 5 nitrogen and oxygen atoms in total. The Labute approximate surface area is 163 Å². The number of carbonyl (C=O) groups excluding carboxylic acids is 1. The molecule has 3 rings (SSSR count). The lowest BCUT2D eigenvalue weighted by Crippen LogP contribution is -2.05. The minimum absolute atomic E-state index is 0.0736. The monoisotopic (exact) mass is 400 g/mol. The summed E-state index contributed by atoms with van der Waals surface area (Å²) in [6, 6.07) is 12.2. The van der Waals surface area contributed by atoms with Gasteiger partial charge in [-0.3, -0.25) is 9.36 Å². The maximum absolute atomic E-state index is 12.5. The minimum atomic E-state index is -3.27. The lowest BCUT2D eigenvalue weighted by Gasteiger charge is -2.11. The van der Waals surface area contributed by atoms with Crippen LogP contribution in [0.2, 0.25) is 0 Å². The number of thioether (sulfide) groups is 1. The summed E-state index contributed by atoms with van der Waals surface area (Å²) < 4.78 is 25.0. The third-order valence-electron chi connectivity index (χ3n) is 4.17. The fourth-order valence-corrected chi connectivity index (χ4v) is 4.15.